The monoisotopic (exact) mass is 216 g/mol. The summed E-state index contributed by atoms with van der Waals surface area (Å²) in [5.74, 6) is -0.119. The van der Waals surface area contributed by atoms with Crippen LogP contribution in [0.5, 0.6) is 0 Å². The highest BCUT2D eigenvalue weighted by Crippen LogP contribution is 2.21. The Labute approximate surface area is 88.5 Å². The van der Waals surface area contributed by atoms with Crippen molar-refractivity contribution < 1.29 is 9.50 Å². The van der Waals surface area contributed by atoms with Gasteiger partial charge in [-0.15, -0.1) is 0 Å². The van der Waals surface area contributed by atoms with Gasteiger partial charge in [0.25, 0.3) is 0 Å². The van der Waals surface area contributed by atoms with Crippen LogP contribution in [0.15, 0.2) is 18.2 Å². The van der Waals surface area contributed by atoms with Gasteiger partial charge in [-0.05, 0) is 36.1 Å². The largest absolute Gasteiger partial charge is 0.396 e. The van der Waals surface area contributed by atoms with Crippen LogP contribution in [-0.2, 0) is 6.42 Å². The lowest BCUT2D eigenvalue weighted by Gasteiger charge is -2.12. The first-order valence-corrected chi connectivity index (χ1v) is 5.10. The fourth-order valence-corrected chi connectivity index (χ4v) is 1.54. The molecule has 1 N–H and O–H groups in total. The van der Waals surface area contributed by atoms with Gasteiger partial charge in [0.1, 0.15) is 5.82 Å². The van der Waals surface area contributed by atoms with E-state index in [1.807, 2.05) is 6.92 Å². The van der Waals surface area contributed by atoms with E-state index in [4.69, 9.17) is 16.7 Å². The molecule has 1 aromatic rings. The molecule has 0 saturated heterocycles. The molecule has 0 amide bonds. The van der Waals surface area contributed by atoms with Gasteiger partial charge in [0.05, 0.1) is 0 Å². The summed E-state index contributed by atoms with van der Waals surface area (Å²) in [5.41, 5.74) is 0.771. The minimum atomic E-state index is -0.280. The molecule has 0 fully saturated rings. The number of halogens is 2. The Bertz CT molecular complexity index is 297. The predicted octanol–water partition coefficient (Wildman–Crippen LogP) is 3.04. The van der Waals surface area contributed by atoms with Crippen molar-refractivity contribution >= 4 is 11.6 Å². The van der Waals surface area contributed by atoms with Crippen molar-refractivity contribution in [3.63, 3.8) is 0 Å². The molecule has 0 saturated carbocycles. The third kappa shape index (κ3) is 2.96. The molecule has 0 heterocycles. The highest BCUT2D eigenvalue weighted by atomic mass is 35.5. The quantitative estimate of drug-likeness (QED) is 0.820. The lowest BCUT2D eigenvalue weighted by atomic mass is 9.98. The van der Waals surface area contributed by atoms with Crippen LogP contribution in [0.3, 0.4) is 0 Å². The summed E-state index contributed by atoms with van der Waals surface area (Å²) in [6.07, 6.45) is 1.49. The molecule has 1 unspecified atom stereocenters. The number of aliphatic hydroxyl groups is 1. The van der Waals surface area contributed by atoms with Gasteiger partial charge in [-0.1, -0.05) is 24.9 Å². The Balaban J connectivity index is 2.79. The Morgan fingerprint density at radius 1 is 1.50 bits per heavy atom. The molecular formula is C11H14ClFO. The van der Waals surface area contributed by atoms with E-state index < -0.39 is 0 Å². The standard InChI is InChI=1S/C11H14ClFO/c1-2-8(7-14)5-9-6-10(13)3-4-11(9)12/h3-4,6,8,14H,2,5,7H2,1H3. The SMILES string of the molecule is CCC(CO)Cc1cc(F)ccc1Cl. The molecule has 1 rings (SSSR count). The van der Waals surface area contributed by atoms with E-state index in [0.29, 0.717) is 11.4 Å². The molecule has 14 heavy (non-hydrogen) atoms. The summed E-state index contributed by atoms with van der Waals surface area (Å²) in [7, 11) is 0. The Kier molecular flexibility index (Phi) is 4.36. The lowest BCUT2D eigenvalue weighted by molar-refractivity contribution is 0.222. The average molecular weight is 217 g/mol. The van der Waals surface area contributed by atoms with Crippen molar-refractivity contribution in [3.05, 3.63) is 34.6 Å². The van der Waals surface area contributed by atoms with Crippen LogP contribution in [-0.4, -0.2) is 11.7 Å². The van der Waals surface area contributed by atoms with E-state index in [-0.39, 0.29) is 18.3 Å². The molecule has 0 bridgehead atoms. The second kappa shape index (κ2) is 5.32. The van der Waals surface area contributed by atoms with Crippen LogP contribution >= 0.6 is 11.6 Å². The molecule has 1 atom stereocenters. The average Bonchev–Trinajstić information content (AvgIpc) is 2.19. The molecule has 3 heteroatoms. The minimum absolute atomic E-state index is 0.114. The van der Waals surface area contributed by atoms with Gasteiger partial charge >= 0.3 is 0 Å². The van der Waals surface area contributed by atoms with Gasteiger partial charge < -0.3 is 5.11 Å². The zero-order valence-corrected chi connectivity index (χ0v) is 8.89. The number of aliphatic hydroxyl groups excluding tert-OH is 1. The Morgan fingerprint density at radius 2 is 2.21 bits per heavy atom. The van der Waals surface area contributed by atoms with Crippen LogP contribution in [0.25, 0.3) is 0 Å². The molecular weight excluding hydrogens is 203 g/mol. The predicted molar refractivity (Wildman–Crippen MR) is 56.0 cm³/mol. The van der Waals surface area contributed by atoms with Crippen LogP contribution in [0, 0.1) is 11.7 Å². The second-order valence-corrected chi connectivity index (χ2v) is 3.80. The van der Waals surface area contributed by atoms with Crippen molar-refractivity contribution in [2.24, 2.45) is 5.92 Å². The maximum atomic E-state index is 12.9. The van der Waals surface area contributed by atoms with E-state index in [1.165, 1.54) is 12.1 Å². The van der Waals surface area contributed by atoms with Crippen molar-refractivity contribution in [2.45, 2.75) is 19.8 Å². The topological polar surface area (TPSA) is 20.2 Å². The van der Waals surface area contributed by atoms with E-state index in [2.05, 4.69) is 0 Å². The van der Waals surface area contributed by atoms with Gasteiger partial charge in [0.2, 0.25) is 0 Å². The normalized spacial score (nSPS) is 12.9. The van der Waals surface area contributed by atoms with Gasteiger partial charge in [-0.25, -0.2) is 4.39 Å². The summed E-state index contributed by atoms with van der Waals surface area (Å²) in [4.78, 5) is 0. The first-order valence-electron chi connectivity index (χ1n) is 4.72. The molecule has 0 aliphatic rings. The van der Waals surface area contributed by atoms with Crippen LogP contribution in [0.4, 0.5) is 4.39 Å². The van der Waals surface area contributed by atoms with Gasteiger partial charge in [-0.3, -0.25) is 0 Å². The summed E-state index contributed by atoms with van der Waals surface area (Å²) < 4.78 is 12.9. The Hall–Kier alpha value is -0.600. The summed E-state index contributed by atoms with van der Waals surface area (Å²) in [5, 5.41) is 9.58. The molecule has 1 aromatic carbocycles. The van der Waals surface area contributed by atoms with Crippen molar-refractivity contribution in [3.8, 4) is 0 Å². The molecule has 0 aliphatic heterocycles. The van der Waals surface area contributed by atoms with Crippen molar-refractivity contribution in [1.29, 1.82) is 0 Å². The summed E-state index contributed by atoms with van der Waals surface area (Å²) in [6, 6.07) is 4.32. The zero-order chi connectivity index (χ0) is 10.6. The number of hydrogen-bond acceptors (Lipinski definition) is 1. The Morgan fingerprint density at radius 3 is 2.79 bits per heavy atom. The fourth-order valence-electron chi connectivity index (χ4n) is 1.35. The summed E-state index contributed by atoms with van der Waals surface area (Å²) >= 11 is 5.91. The molecule has 0 radical (unpaired) electrons. The fraction of sp³-hybridized carbons (Fsp3) is 0.455. The number of benzene rings is 1. The van der Waals surface area contributed by atoms with E-state index in [9.17, 15) is 4.39 Å². The highest BCUT2D eigenvalue weighted by Gasteiger charge is 2.09. The van der Waals surface area contributed by atoms with Gasteiger partial charge in [-0.2, -0.15) is 0 Å². The van der Waals surface area contributed by atoms with Gasteiger partial charge in [0, 0.05) is 11.6 Å². The van der Waals surface area contributed by atoms with Crippen molar-refractivity contribution in [2.75, 3.05) is 6.61 Å². The second-order valence-electron chi connectivity index (χ2n) is 3.40. The molecule has 78 valence electrons. The first kappa shape index (κ1) is 11.5. The van der Waals surface area contributed by atoms with Crippen LogP contribution in [0.2, 0.25) is 5.02 Å². The number of hydrogen-bond donors (Lipinski definition) is 1. The third-order valence-corrected chi connectivity index (χ3v) is 2.72. The van der Waals surface area contributed by atoms with E-state index in [1.54, 1.807) is 6.07 Å². The number of rotatable bonds is 4. The zero-order valence-electron chi connectivity index (χ0n) is 8.13. The smallest absolute Gasteiger partial charge is 0.123 e. The van der Waals surface area contributed by atoms with Crippen molar-refractivity contribution in [1.82, 2.24) is 0 Å². The maximum absolute atomic E-state index is 12.9. The summed E-state index contributed by atoms with van der Waals surface area (Å²) in [6.45, 7) is 2.11. The van der Waals surface area contributed by atoms with Crippen LogP contribution < -0.4 is 0 Å². The van der Waals surface area contributed by atoms with E-state index >= 15 is 0 Å². The molecule has 1 nitrogen and oxygen atoms in total. The maximum Gasteiger partial charge on any atom is 0.123 e. The molecule has 0 aromatic heterocycles. The van der Waals surface area contributed by atoms with Gasteiger partial charge in [0.15, 0.2) is 0 Å². The molecule has 0 aliphatic carbocycles. The third-order valence-electron chi connectivity index (χ3n) is 2.35. The lowest BCUT2D eigenvalue weighted by Crippen LogP contribution is -2.08. The minimum Gasteiger partial charge on any atom is -0.396 e. The molecule has 0 spiro atoms. The highest BCUT2D eigenvalue weighted by molar-refractivity contribution is 6.31. The first-order chi connectivity index (χ1) is 6.67. The van der Waals surface area contributed by atoms with E-state index in [0.717, 1.165) is 12.0 Å². The van der Waals surface area contributed by atoms with Crippen LogP contribution in [0.1, 0.15) is 18.9 Å².